The molecule has 0 N–H and O–H groups in total. The van der Waals surface area contributed by atoms with E-state index in [-0.39, 0.29) is 0 Å². The van der Waals surface area contributed by atoms with Gasteiger partial charge in [0, 0.05) is 17.4 Å². The van der Waals surface area contributed by atoms with Crippen molar-refractivity contribution < 1.29 is 0 Å². The van der Waals surface area contributed by atoms with Crippen molar-refractivity contribution in [2.75, 3.05) is 0 Å². The number of pyridine rings is 1. The predicted molar refractivity (Wildman–Crippen MR) is 128 cm³/mol. The Kier molecular flexibility index (Phi) is 4.82. The van der Waals surface area contributed by atoms with Crippen LogP contribution in [0.1, 0.15) is 5.56 Å². The molecule has 0 bridgehead atoms. The van der Waals surface area contributed by atoms with Gasteiger partial charge in [0.1, 0.15) is 0 Å². The van der Waals surface area contributed by atoms with E-state index >= 15 is 0 Å². The van der Waals surface area contributed by atoms with Crippen LogP contribution in [0, 0.1) is 6.92 Å². The van der Waals surface area contributed by atoms with Gasteiger partial charge < -0.3 is 0 Å². The molecule has 30 heavy (non-hydrogen) atoms. The van der Waals surface area contributed by atoms with E-state index in [2.05, 4.69) is 90.8 Å². The Hall–Kier alpha value is -3.42. The molecule has 0 amide bonds. The summed E-state index contributed by atoms with van der Waals surface area (Å²) < 4.78 is 0. The number of aryl methyl sites for hydroxylation is 1. The van der Waals surface area contributed by atoms with Gasteiger partial charge in [0.05, 0.1) is 0 Å². The molecule has 0 saturated heterocycles. The molecule has 4 aromatic carbocycles. The largest absolute Gasteiger partial charge is 0.265 e. The zero-order valence-electron chi connectivity index (χ0n) is 16.6. The van der Waals surface area contributed by atoms with E-state index in [1.165, 1.54) is 38.6 Å². The van der Waals surface area contributed by atoms with Crippen LogP contribution >= 0.6 is 11.6 Å². The van der Waals surface area contributed by atoms with Gasteiger partial charge in [-0.2, -0.15) is 0 Å². The zero-order chi connectivity index (χ0) is 20.5. The Morgan fingerprint density at radius 2 is 1.27 bits per heavy atom. The van der Waals surface area contributed by atoms with Crippen LogP contribution in [0.2, 0.25) is 5.02 Å². The third kappa shape index (κ3) is 3.38. The summed E-state index contributed by atoms with van der Waals surface area (Å²) in [5.41, 5.74) is 8.39. The van der Waals surface area contributed by atoms with Crippen LogP contribution < -0.4 is 0 Å². The van der Waals surface area contributed by atoms with Crippen molar-refractivity contribution >= 4 is 22.4 Å². The molecule has 0 aliphatic rings. The molecule has 144 valence electrons. The van der Waals surface area contributed by atoms with Gasteiger partial charge in [-0.15, -0.1) is 0 Å². The van der Waals surface area contributed by atoms with Crippen molar-refractivity contribution in [3.63, 3.8) is 0 Å². The summed E-state index contributed by atoms with van der Waals surface area (Å²) in [5.74, 6) is 0. The van der Waals surface area contributed by atoms with E-state index < -0.39 is 0 Å². The minimum absolute atomic E-state index is 0.738. The van der Waals surface area contributed by atoms with Gasteiger partial charge >= 0.3 is 0 Å². The van der Waals surface area contributed by atoms with E-state index in [1.54, 1.807) is 0 Å². The summed E-state index contributed by atoms with van der Waals surface area (Å²) in [6.45, 7) is 2.12. The molecule has 0 aliphatic carbocycles. The zero-order valence-corrected chi connectivity index (χ0v) is 17.4. The van der Waals surface area contributed by atoms with Crippen LogP contribution in [0.4, 0.5) is 0 Å². The minimum Gasteiger partial charge on any atom is -0.265 e. The first-order valence-corrected chi connectivity index (χ1v) is 10.4. The highest BCUT2D eigenvalue weighted by Gasteiger charge is 2.18. The third-order valence-corrected chi connectivity index (χ3v) is 5.77. The van der Waals surface area contributed by atoms with Gasteiger partial charge in [0.25, 0.3) is 0 Å². The average molecular weight is 406 g/mol. The quantitative estimate of drug-likeness (QED) is 0.294. The Labute approximate surface area is 181 Å². The first kappa shape index (κ1) is 18.6. The smallest absolute Gasteiger partial charge is 0.0406 e. The molecular formula is C28H20ClN. The van der Waals surface area contributed by atoms with Crippen LogP contribution in [-0.2, 0) is 0 Å². The maximum atomic E-state index is 6.22. The number of rotatable bonds is 3. The van der Waals surface area contributed by atoms with Crippen LogP contribution in [0.15, 0.2) is 103 Å². The van der Waals surface area contributed by atoms with Crippen molar-refractivity contribution in [1.82, 2.24) is 4.98 Å². The summed E-state index contributed by atoms with van der Waals surface area (Å²) in [7, 11) is 0. The molecule has 1 nitrogen and oxygen atoms in total. The molecule has 1 heterocycles. The lowest BCUT2D eigenvalue weighted by molar-refractivity contribution is 1.33. The van der Waals surface area contributed by atoms with Gasteiger partial charge in [0.2, 0.25) is 0 Å². The molecule has 0 saturated carbocycles. The number of fused-ring (bicyclic) bond motifs is 1. The standard InChI is InChI=1S/C28H20ClN/c1-19-6-8-21(9-7-19)27-25-5-3-2-4-23(25)18-26(20-14-16-30-17-15-20)28(27)22-10-12-24(29)13-11-22/h2-18H,1H3. The van der Waals surface area contributed by atoms with Gasteiger partial charge in [-0.1, -0.05) is 77.8 Å². The summed E-state index contributed by atoms with van der Waals surface area (Å²) in [6.07, 6.45) is 3.70. The number of hydrogen-bond donors (Lipinski definition) is 0. The molecule has 0 unspecified atom stereocenters. The summed E-state index contributed by atoms with van der Waals surface area (Å²) in [5, 5.41) is 3.20. The lowest BCUT2D eigenvalue weighted by Gasteiger charge is -2.19. The highest BCUT2D eigenvalue weighted by atomic mass is 35.5. The number of halogens is 1. The lowest BCUT2D eigenvalue weighted by atomic mass is 9.84. The molecule has 5 rings (SSSR count). The van der Waals surface area contributed by atoms with Crippen LogP contribution in [-0.4, -0.2) is 4.98 Å². The van der Waals surface area contributed by atoms with Gasteiger partial charge in [-0.3, -0.25) is 4.98 Å². The Morgan fingerprint density at radius 3 is 2.00 bits per heavy atom. The van der Waals surface area contributed by atoms with Gasteiger partial charge in [-0.25, -0.2) is 0 Å². The molecule has 5 aromatic rings. The molecule has 1 aromatic heterocycles. The number of benzene rings is 4. The third-order valence-electron chi connectivity index (χ3n) is 5.51. The van der Waals surface area contributed by atoms with Gasteiger partial charge in [0.15, 0.2) is 0 Å². The molecule has 0 fully saturated rings. The summed E-state index contributed by atoms with van der Waals surface area (Å²) in [6, 6.07) is 31.9. The van der Waals surface area contributed by atoms with E-state index in [4.69, 9.17) is 11.6 Å². The van der Waals surface area contributed by atoms with Crippen LogP contribution in [0.3, 0.4) is 0 Å². The van der Waals surface area contributed by atoms with Crippen LogP contribution in [0.5, 0.6) is 0 Å². The molecule has 0 radical (unpaired) electrons. The maximum Gasteiger partial charge on any atom is 0.0406 e. The first-order chi connectivity index (χ1) is 14.7. The molecule has 0 atom stereocenters. The Bertz CT molecular complexity index is 1320. The van der Waals surface area contributed by atoms with Crippen molar-refractivity contribution in [2.24, 2.45) is 0 Å². The number of hydrogen-bond acceptors (Lipinski definition) is 1. The fourth-order valence-corrected chi connectivity index (χ4v) is 4.17. The lowest BCUT2D eigenvalue weighted by Crippen LogP contribution is -1.93. The highest BCUT2D eigenvalue weighted by Crippen LogP contribution is 2.44. The molecule has 0 aliphatic heterocycles. The van der Waals surface area contributed by atoms with E-state index in [1.807, 2.05) is 24.5 Å². The van der Waals surface area contributed by atoms with Crippen molar-refractivity contribution in [2.45, 2.75) is 6.92 Å². The molecule has 2 heteroatoms. The van der Waals surface area contributed by atoms with E-state index in [9.17, 15) is 0 Å². The number of nitrogens with zero attached hydrogens (tertiary/aromatic N) is 1. The van der Waals surface area contributed by atoms with Crippen molar-refractivity contribution in [1.29, 1.82) is 0 Å². The second-order valence-corrected chi connectivity index (χ2v) is 7.94. The van der Waals surface area contributed by atoms with Crippen molar-refractivity contribution in [3.05, 3.63) is 114 Å². The number of aromatic nitrogens is 1. The highest BCUT2D eigenvalue weighted by molar-refractivity contribution is 6.30. The molecular weight excluding hydrogens is 386 g/mol. The summed E-state index contributed by atoms with van der Waals surface area (Å²) >= 11 is 6.22. The van der Waals surface area contributed by atoms with E-state index in [0.29, 0.717) is 0 Å². The Morgan fingerprint density at radius 1 is 0.633 bits per heavy atom. The van der Waals surface area contributed by atoms with Crippen LogP contribution in [0.25, 0.3) is 44.2 Å². The predicted octanol–water partition coefficient (Wildman–Crippen LogP) is 8.20. The minimum atomic E-state index is 0.738. The summed E-state index contributed by atoms with van der Waals surface area (Å²) in [4.78, 5) is 4.22. The second kappa shape index (κ2) is 7.78. The Balaban J connectivity index is 1.95. The fourth-order valence-electron chi connectivity index (χ4n) is 4.04. The SMILES string of the molecule is Cc1ccc(-c2c(-c3ccc(Cl)cc3)c(-c3ccncc3)cc3ccccc23)cc1. The maximum absolute atomic E-state index is 6.22. The monoisotopic (exact) mass is 405 g/mol. The van der Waals surface area contributed by atoms with Gasteiger partial charge in [-0.05, 0) is 81.4 Å². The molecule has 0 spiro atoms. The van der Waals surface area contributed by atoms with E-state index in [0.717, 1.165) is 16.1 Å². The van der Waals surface area contributed by atoms with Crippen molar-refractivity contribution in [3.8, 4) is 33.4 Å². The fraction of sp³-hybridized carbons (Fsp3) is 0.0357. The first-order valence-electron chi connectivity index (χ1n) is 10.00. The average Bonchev–Trinajstić information content (AvgIpc) is 2.80. The topological polar surface area (TPSA) is 12.9 Å². The second-order valence-electron chi connectivity index (χ2n) is 7.50. The normalized spacial score (nSPS) is 11.0.